The van der Waals surface area contributed by atoms with Gasteiger partial charge in [-0.3, -0.25) is 9.59 Å². The minimum absolute atomic E-state index is 0.154. The van der Waals surface area contributed by atoms with Crippen molar-refractivity contribution >= 4 is 23.2 Å². The molecule has 2 N–H and O–H groups in total. The molecule has 1 aromatic heterocycles. The lowest BCUT2D eigenvalue weighted by Gasteiger charge is -2.21. The van der Waals surface area contributed by atoms with Crippen molar-refractivity contribution in [3.63, 3.8) is 0 Å². The Hall–Kier alpha value is -3.40. The number of benzene rings is 1. The summed E-state index contributed by atoms with van der Waals surface area (Å²) in [4.78, 5) is 30.3. The highest BCUT2D eigenvalue weighted by Crippen LogP contribution is 2.26. The second kappa shape index (κ2) is 7.66. The van der Waals surface area contributed by atoms with Crippen molar-refractivity contribution in [2.45, 2.75) is 19.9 Å². The van der Waals surface area contributed by atoms with Crippen LogP contribution in [0.15, 0.2) is 36.5 Å². The van der Waals surface area contributed by atoms with E-state index in [2.05, 4.69) is 15.6 Å². The number of nitrogens with zero attached hydrogens (tertiary/aromatic N) is 3. The molecular weight excluding hydrogens is 330 g/mol. The molecule has 2 amide bonds. The number of pyridine rings is 1. The van der Waals surface area contributed by atoms with E-state index in [1.807, 2.05) is 24.0 Å². The van der Waals surface area contributed by atoms with E-state index >= 15 is 0 Å². The number of aromatic nitrogens is 1. The van der Waals surface area contributed by atoms with E-state index in [9.17, 15) is 9.59 Å². The van der Waals surface area contributed by atoms with Crippen LogP contribution < -0.4 is 15.5 Å². The van der Waals surface area contributed by atoms with E-state index < -0.39 is 0 Å². The average Bonchev–Trinajstić information content (AvgIpc) is 2.83. The number of carbonyl (C=O) groups is 2. The first-order chi connectivity index (χ1) is 12.6. The van der Waals surface area contributed by atoms with Gasteiger partial charge < -0.3 is 15.5 Å². The fraction of sp³-hybridized carbons (Fsp3) is 0.263. The molecule has 0 radical (unpaired) electrons. The van der Waals surface area contributed by atoms with Crippen LogP contribution in [0.25, 0.3) is 0 Å². The smallest absolute Gasteiger partial charge is 0.251 e. The maximum absolute atomic E-state index is 12.3. The molecule has 2 aromatic rings. The van der Waals surface area contributed by atoms with E-state index in [4.69, 9.17) is 5.26 Å². The van der Waals surface area contributed by atoms with Crippen molar-refractivity contribution < 1.29 is 9.59 Å². The molecule has 1 aliphatic rings. The molecule has 0 unspecified atom stereocenters. The van der Waals surface area contributed by atoms with Gasteiger partial charge in [0.25, 0.3) is 5.91 Å². The largest absolute Gasteiger partial charge is 0.358 e. The summed E-state index contributed by atoms with van der Waals surface area (Å²) < 4.78 is 0. The van der Waals surface area contributed by atoms with Gasteiger partial charge in [0.2, 0.25) is 5.91 Å². The topological polar surface area (TPSA) is 98.1 Å². The molecule has 0 atom stereocenters. The lowest BCUT2D eigenvalue weighted by Crippen LogP contribution is -2.29. The summed E-state index contributed by atoms with van der Waals surface area (Å²) in [5.41, 5.74) is 3.11. The number of nitrogens with one attached hydrogen (secondary N) is 2. The molecule has 0 saturated heterocycles. The zero-order chi connectivity index (χ0) is 18.5. The number of nitriles is 1. The Morgan fingerprint density at radius 1 is 1.35 bits per heavy atom. The van der Waals surface area contributed by atoms with Gasteiger partial charge in [-0.05, 0) is 36.2 Å². The van der Waals surface area contributed by atoms with Crippen molar-refractivity contribution in [3.05, 3.63) is 53.3 Å². The van der Waals surface area contributed by atoms with Crippen molar-refractivity contribution in [3.8, 4) is 6.07 Å². The summed E-state index contributed by atoms with van der Waals surface area (Å²) in [7, 11) is 0. The van der Waals surface area contributed by atoms with Gasteiger partial charge in [-0.2, -0.15) is 5.26 Å². The van der Waals surface area contributed by atoms with E-state index in [0.717, 1.165) is 17.7 Å². The minimum Gasteiger partial charge on any atom is -0.358 e. The Balaban J connectivity index is 1.88. The lowest BCUT2D eigenvalue weighted by atomic mass is 10.1. The molecule has 0 saturated carbocycles. The van der Waals surface area contributed by atoms with Crippen molar-refractivity contribution in [2.75, 3.05) is 23.3 Å². The molecule has 0 bridgehead atoms. The molecule has 26 heavy (non-hydrogen) atoms. The Morgan fingerprint density at radius 2 is 2.19 bits per heavy atom. The van der Waals surface area contributed by atoms with Gasteiger partial charge in [0, 0.05) is 36.2 Å². The van der Waals surface area contributed by atoms with Crippen LogP contribution >= 0.6 is 0 Å². The van der Waals surface area contributed by atoms with Crippen LogP contribution in [0.1, 0.15) is 35.0 Å². The van der Waals surface area contributed by atoms with Gasteiger partial charge in [0.15, 0.2) is 0 Å². The summed E-state index contributed by atoms with van der Waals surface area (Å²) in [5.74, 6) is -0.331. The minimum atomic E-state index is -0.176. The SMILES string of the molecule is CCCNC(=O)c1ccc2c(c1)NC(=O)CN(c1ccnc(C#N)c1)C2. The van der Waals surface area contributed by atoms with Crippen molar-refractivity contribution in [1.82, 2.24) is 10.3 Å². The van der Waals surface area contributed by atoms with Crippen LogP contribution in [-0.4, -0.2) is 29.9 Å². The molecule has 0 aliphatic carbocycles. The van der Waals surface area contributed by atoms with Gasteiger partial charge in [0.05, 0.1) is 6.54 Å². The van der Waals surface area contributed by atoms with Gasteiger partial charge >= 0.3 is 0 Å². The predicted octanol–water partition coefficient (Wildman–Crippen LogP) is 2.05. The number of amides is 2. The number of rotatable bonds is 4. The van der Waals surface area contributed by atoms with Gasteiger partial charge in [-0.1, -0.05) is 13.0 Å². The quantitative estimate of drug-likeness (QED) is 0.880. The summed E-state index contributed by atoms with van der Waals surface area (Å²) in [5, 5.41) is 14.7. The number of anilines is 2. The van der Waals surface area contributed by atoms with Crippen LogP contribution in [0.4, 0.5) is 11.4 Å². The summed E-state index contributed by atoms with van der Waals surface area (Å²) in [6.07, 6.45) is 2.41. The Bertz CT molecular complexity index is 888. The summed E-state index contributed by atoms with van der Waals surface area (Å²) in [6.45, 7) is 3.24. The fourth-order valence-electron chi connectivity index (χ4n) is 2.80. The number of hydrogen-bond donors (Lipinski definition) is 2. The monoisotopic (exact) mass is 349 g/mol. The predicted molar refractivity (Wildman–Crippen MR) is 97.7 cm³/mol. The van der Waals surface area contributed by atoms with Crippen LogP contribution in [0.5, 0.6) is 0 Å². The van der Waals surface area contributed by atoms with Gasteiger partial charge in [0.1, 0.15) is 11.8 Å². The number of carbonyl (C=O) groups excluding carboxylic acids is 2. The molecular formula is C19H19N5O2. The van der Waals surface area contributed by atoms with E-state index in [0.29, 0.717) is 30.0 Å². The maximum atomic E-state index is 12.3. The van der Waals surface area contributed by atoms with Crippen molar-refractivity contribution in [1.29, 1.82) is 5.26 Å². The first kappa shape index (κ1) is 17.4. The molecule has 7 nitrogen and oxygen atoms in total. The lowest BCUT2D eigenvalue weighted by molar-refractivity contribution is -0.114. The van der Waals surface area contributed by atoms with E-state index in [-0.39, 0.29) is 18.4 Å². The third kappa shape index (κ3) is 3.81. The molecule has 7 heteroatoms. The Labute approximate surface area is 151 Å². The third-order valence-corrected chi connectivity index (χ3v) is 4.10. The highest BCUT2D eigenvalue weighted by atomic mass is 16.2. The zero-order valence-corrected chi connectivity index (χ0v) is 14.5. The van der Waals surface area contributed by atoms with Crippen LogP contribution in [-0.2, 0) is 11.3 Å². The van der Waals surface area contributed by atoms with Crippen LogP contribution in [0, 0.1) is 11.3 Å². The fourth-order valence-corrected chi connectivity index (χ4v) is 2.80. The molecule has 132 valence electrons. The molecule has 0 fully saturated rings. The Kier molecular flexibility index (Phi) is 5.13. The molecule has 0 spiro atoms. The van der Waals surface area contributed by atoms with Gasteiger partial charge in [-0.15, -0.1) is 0 Å². The highest BCUT2D eigenvalue weighted by molar-refractivity contribution is 5.99. The second-order valence-electron chi connectivity index (χ2n) is 6.04. The number of hydrogen-bond acceptors (Lipinski definition) is 5. The molecule has 3 rings (SSSR count). The molecule has 1 aliphatic heterocycles. The second-order valence-corrected chi connectivity index (χ2v) is 6.04. The van der Waals surface area contributed by atoms with E-state index in [1.165, 1.54) is 0 Å². The highest BCUT2D eigenvalue weighted by Gasteiger charge is 2.21. The standard InChI is InChI=1S/C19H19N5O2/c1-2-6-22-19(26)13-3-4-14-11-24(12-18(25)23-17(14)8-13)16-5-7-21-15(9-16)10-20/h3-5,7-9H,2,6,11-12H2,1H3,(H,22,26)(H,23,25). The van der Waals surface area contributed by atoms with Crippen LogP contribution in [0.2, 0.25) is 0 Å². The van der Waals surface area contributed by atoms with E-state index in [1.54, 1.807) is 30.5 Å². The Morgan fingerprint density at radius 3 is 2.96 bits per heavy atom. The normalized spacial score (nSPS) is 13.2. The average molecular weight is 349 g/mol. The molecule has 2 heterocycles. The summed E-state index contributed by atoms with van der Waals surface area (Å²) in [6, 6.07) is 10.7. The maximum Gasteiger partial charge on any atom is 0.251 e. The first-order valence-electron chi connectivity index (χ1n) is 8.42. The van der Waals surface area contributed by atoms with Crippen molar-refractivity contribution in [2.24, 2.45) is 0 Å². The van der Waals surface area contributed by atoms with Crippen LogP contribution in [0.3, 0.4) is 0 Å². The first-order valence-corrected chi connectivity index (χ1v) is 8.42. The third-order valence-electron chi connectivity index (χ3n) is 4.10. The summed E-state index contributed by atoms with van der Waals surface area (Å²) >= 11 is 0. The molecule has 1 aromatic carbocycles. The zero-order valence-electron chi connectivity index (χ0n) is 14.5. The number of fused-ring (bicyclic) bond motifs is 1. The van der Waals surface area contributed by atoms with Gasteiger partial charge in [-0.25, -0.2) is 4.98 Å².